The van der Waals surface area contributed by atoms with Gasteiger partial charge in [0.05, 0.1) is 5.75 Å². The van der Waals surface area contributed by atoms with E-state index in [1.165, 1.54) is 0 Å². The number of nitrogens with zero attached hydrogens (tertiary/aromatic N) is 1. The van der Waals surface area contributed by atoms with Crippen molar-refractivity contribution < 1.29 is 8.42 Å². The predicted molar refractivity (Wildman–Crippen MR) is 71.2 cm³/mol. The molecule has 0 saturated carbocycles. The zero-order valence-electron chi connectivity index (χ0n) is 11.4. The lowest BCUT2D eigenvalue weighted by Crippen LogP contribution is -2.49. The van der Waals surface area contributed by atoms with Crippen molar-refractivity contribution in [1.29, 1.82) is 0 Å². The van der Waals surface area contributed by atoms with E-state index in [9.17, 15) is 8.42 Å². The van der Waals surface area contributed by atoms with Crippen LogP contribution in [0.5, 0.6) is 0 Å². The van der Waals surface area contributed by atoms with Crippen LogP contribution in [0.3, 0.4) is 0 Å². The van der Waals surface area contributed by atoms with Crippen LogP contribution < -0.4 is 5.73 Å². The van der Waals surface area contributed by atoms with Gasteiger partial charge in [-0.3, -0.25) is 0 Å². The lowest BCUT2D eigenvalue weighted by atomic mass is 9.94. The molecule has 1 aliphatic heterocycles. The Hall–Kier alpha value is -0.130. The molecule has 0 aromatic rings. The van der Waals surface area contributed by atoms with Gasteiger partial charge in [0, 0.05) is 19.1 Å². The highest BCUT2D eigenvalue weighted by molar-refractivity contribution is 7.89. The minimum atomic E-state index is -3.13. The van der Waals surface area contributed by atoms with Crippen molar-refractivity contribution in [1.82, 2.24) is 4.31 Å². The van der Waals surface area contributed by atoms with Crippen LogP contribution in [0.4, 0.5) is 0 Å². The maximum atomic E-state index is 12.2. The summed E-state index contributed by atoms with van der Waals surface area (Å²) in [6, 6.07) is -0.0110. The second kappa shape index (κ2) is 5.24. The first-order valence-electron chi connectivity index (χ1n) is 6.33. The summed E-state index contributed by atoms with van der Waals surface area (Å²) in [5.41, 5.74) is 5.94. The van der Waals surface area contributed by atoms with Gasteiger partial charge in [-0.25, -0.2) is 12.7 Å². The average Bonchev–Trinajstić information content (AvgIpc) is 2.12. The molecule has 1 rings (SSSR count). The fraction of sp³-hybridized carbons (Fsp3) is 1.00. The molecular weight excluding hydrogens is 236 g/mol. The van der Waals surface area contributed by atoms with Crippen LogP contribution >= 0.6 is 0 Å². The molecule has 0 spiro atoms. The van der Waals surface area contributed by atoms with Crippen molar-refractivity contribution in [3.05, 3.63) is 0 Å². The van der Waals surface area contributed by atoms with Crippen LogP contribution in [0.25, 0.3) is 0 Å². The van der Waals surface area contributed by atoms with Crippen LogP contribution in [0.2, 0.25) is 0 Å². The molecule has 0 aliphatic carbocycles. The minimum Gasteiger partial charge on any atom is -0.326 e. The highest BCUT2D eigenvalue weighted by atomic mass is 32.2. The Morgan fingerprint density at radius 2 is 1.88 bits per heavy atom. The van der Waals surface area contributed by atoms with E-state index in [2.05, 4.69) is 27.7 Å². The monoisotopic (exact) mass is 262 g/mol. The van der Waals surface area contributed by atoms with Crippen molar-refractivity contribution in [3.63, 3.8) is 0 Å². The number of sulfonamides is 1. The molecule has 1 heterocycles. The van der Waals surface area contributed by atoms with Gasteiger partial charge >= 0.3 is 0 Å². The molecule has 0 bridgehead atoms. The molecule has 0 radical (unpaired) electrons. The Morgan fingerprint density at radius 3 is 2.35 bits per heavy atom. The summed E-state index contributed by atoms with van der Waals surface area (Å²) in [5.74, 6) is 0.596. The number of hydrogen-bond donors (Lipinski definition) is 1. The molecule has 1 fully saturated rings. The first-order chi connectivity index (χ1) is 7.60. The lowest BCUT2D eigenvalue weighted by Gasteiger charge is -2.34. The summed E-state index contributed by atoms with van der Waals surface area (Å²) in [4.78, 5) is 0. The van der Waals surface area contributed by atoms with E-state index < -0.39 is 10.0 Å². The van der Waals surface area contributed by atoms with Gasteiger partial charge in [0.1, 0.15) is 0 Å². The highest BCUT2D eigenvalue weighted by Gasteiger charge is 2.31. The maximum Gasteiger partial charge on any atom is 0.214 e. The third kappa shape index (κ3) is 4.94. The SMILES string of the molecule is CC1CC(N)CN(S(=O)(=O)CCC(C)(C)C)C1. The van der Waals surface area contributed by atoms with E-state index in [-0.39, 0.29) is 17.2 Å². The van der Waals surface area contributed by atoms with E-state index >= 15 is 0 Å². The van der Waals surface area contributed by atoms with Gasteiger partial charge in [0.2, 0.25) is 10.0 Å². The smallest absolute Gasteiger partial charge is 0.214 e. The maximum absolute atomic E-state index is 12.2. The van der Waals surface area contributed by atoms with Crippen molar-refractivity contribution >= 4 is 10.0 Å². The molecule has 1 saturated heterocycles. The standard InChI is InChI=1S/C12H26N2O2S/c1-10-7-11(13)9-14(8-10)17(15,16)6-5-12(2,3)4/h10-11H,5-9,13H2,1-4H3. The number of piperidine rings is 1. The summed E-state index contributed by atoms with van der Waals surface area (Å²) in [6.45, 7) is 9.36. The summed E-state index contributed by atoms with van der Waals surface area (Å²) >= 11 is 0. The van der Waals surface area contributed by atoms with Gasteiger partial charge in [0.25, 0.3) is 0 Å². The third-order valence-corrected chi connectivity index (χ3v) is 4.97. The van der Waals surface area contributed by atoms with Crippen LogP contribution in [-0.4, -0.2) is 37.6 Å². The third-order valence-electron chi connectivity index (χ3n) is 3.16. The number of hydrogen-bond acceptors (Lipinski definition) is 3. The number of nitrogens with two attached hydrogens (primary N) is 1. The van der Waals surface area contributed by atoms with Crippen LogP contribution in [-0.2, 0) is 10.0 Å². The molecule has 2 unspecified atom stereocenters. The predicted octanol–water partition coefficient (Wildman–Crippen LogP) is 1.42. The molecule has 2 N–H and O–H groups in total. The van der Waals surface area contributed by atoms with Crippen molar-refractivity contribution in [2.75, 3.05) is 18.8 Å². The average molecular weight is 262 g/mol. The van der Waals surface area contributed by atoms with E-state index in [1.807, 2.05) is 0 Å². The zero-order chi connectivity index (χ0) is 13.3. The van der Waals surface area contributed by atoms with E-state index in [4.69, 9.17) is 5.73 Å². The van der Waals surface area contributed by atoms with Crippen molar-refractivity contribution in [3.8, 4) is 0 Å². The molecular formula is C12H26N2O2S. The lowest BCUT2D eigenvalue weighted by molar-refractivity contribution is 0.253. The van der Waals surface area contributed by atoms with Crippen molar-refractivity contribution in [2.45, 2.75) is 46.6 Å². The Morgan fingerprint density at radius 1 is 1.29 bits per heavy atom. The summed E-state index contributed by atoms with van der Waals surface area (Å²) in [6.07, 6.45) is 1.61. The van der Waals surface area contributed by atoms with Gasteiger partial charge in [-0.2, -0.15) is 0 Å². The van der Waals surface area contributed by atoms with E-state index in [0.717, 1.165) is 6.42 Å². The number of rotatable bonds is 3. The Bertz CT molecular complexity index is 336. The van der Waals surface area contributed by atoms with Gasteiger partial charge in [-0.05, 0) is 24.2 Å². The Labute approximate surface area is 106 Å². The molecule has 0 aromatic heterocycles. The fourth-order valence-corrected chi connectivity index (χ4v) is 4.17. The normalized spacial score (nSPS) is 28.3. The molecule has 17 heavy (non-hydrogen) atoms. The minimum absolute atomic E-state index is 0.0110. The Balaban J connectivity index is 2.63. The second-order valence-corrected chi connectivity index (χ2v) is 8.63. The molecule has 1 aliphatic rings. The van der Waals surface area contributed by atoms with Crippen LogP contribution in [0.1, 0.15) is 40.5 Å². The van der Waals surface area contributed by atoms with E-state index in [1.54, 1.807) is 4.31 Å². The van der Waals surface area contributed by atoms with E-state index in [0.29, 0.717) is 25.4 Å². The molecule has 5 heteroatoms. The Kier molecular flexibility index (Phi) is 4.60. The fourth-order valence-electron chi connectivity index (χ4n) is 2.14. The van der Waals surface area contributed by atoms with Crippen LogP contribution in [0.15, 0.2) is 0 Å². The summed E-state index contributed by atoms with van der Waals surface area (Å²) in [7, 11) is -3.13. The molecule has 102 valence electrons. The summed E-state index contributed by atoms with van der Waals surface area (Å²) < 4.78 is 26.0. The quantitative estimate of drug-likeness (QED) is 0.836. The topological polar surface area (TPSA) is 63.4 Å². The zero-order valence-corrected chi connectivity index (χ0v) is 12.3. The van der Waals surface area contributed by atoms with Gasteiger partial charge < -0.3 is 5.73 Å². The molecule has 2 atom stereocenters. The molecule has 4 nitrogen and oxygen atoms in total. The van der Waals surface area contributed by atoms with Gasteiger partial charge in [0.15, 0.2) is 0 Å². The van der Waals surface area contributed by atoms with Crippen molar-refractivity contribution in [2.24, 2.45) is 17.1 Å². The largest absolute Gasteiger partial charge is 0.326 e. The first kappa shape index (κ1) is 14.9. The molecule has 0 aromatic carbocycles. The van der Waals surface area contributed by atoms with Crippen LogP contribution in [0, 0.1) is 11.3 Å². The molecule has 0 amide bonds. The van der Waals surface area contributed by atoms with Gasteiger partial charge in [-0.15, -0.1) is 0 Å². The first-order valence-corrected chi connectivity index (χ1v) is 7.94. The highest BCUT2D eigenvalue weighted by Crippen LogP contribution is 2.23. The van der Waals surface area contributed by atoms with Gasteiger partial charge in [-0.1, -0.05) is 27.7 Å². The second-order valence-electron chi connectivity index (χ2n) is 6.54. The summed E-state index contributed by atoms with van der Waals surface area (Å²) in [5, 5.41) is 0.